The van der Waals surface area contributed by atoms with Crippen molar-refractivity contribution in [1.82, 2.24) is 0 Å². The van der Waals surface area contributed by atoms with Gasteiger partial charge in [0, 0.05) is 5.92 Å². The van der Waals surface area contributed by atoms with E-state index in [1.54, 1.807) is 5.57 Å². The van der Waals surface area contributed by atoms with Crippen molar-refractivity contribution < 1.29 is 5.11 Å². The van der Waals surface area contributed by atoms with Gasteiger partial charge in [0.25, 0.3) is 0 Å². The first-order valence-corrected chi connectivity index (χ1v) is 6.51. The third-order valence-corrected chi connectivity index (χ3v) is 4.86. The largest absolute Gasteiger partial charge is 0.390 e. The molecule has 90 valence electrons. The van der Waals surface area contributed by atoms with Crippen molar-refractivity contribution in [1.29, 1.82) is 0 Å². The highest BCUT2D eigenvalue weighted by Gasteiger charge is 2.35. The highest BCUT2D eigenvalue weighted by atomic mass is 16.3. The Morgan fingerprint density at radius 2 is 2.06 bits per heavy atom. The minimum Gasteiger partial charge on any atom is -0.390 e. The van der Waals surface area contributed by atoms with Gasteiger partial charge >= 0.3 is 0 Å². The molecule has 4 atom stereocenters. The van der Waals surface area contributed by atoms with Crippen LogP contribution in [-0.2, 0) is 0 Å². The summed E-state index contributed by atoms with van der Waals surface area (Å²) in [4.78, 5) is 0. The molecule has 1 heteroatoms. The van der Waals surface area contributed by atoms with Gasteiger partial charge in [-0.25, -0.2) is 0 Å². The van der Waals surface area contributed by atoms with Crippen LogP contribution in [0, 0.1) is 17.8 Å². The minimum absolute atomic E-state index is 0.296. The van der Waals surface area contributed by atoms with E-state index in [1.807, 2.05) is 6.92 Å². The molecule has 0 aromatic rings. The lowest BCUT2D eigenvalue weighted by molar-refractivity contribution is 0.00920. The monoisotopic (exact) mass is 220 g/mol. The van der Waals surface area contributed by atoms with Gasteiger partial charge in [0.05, 0.1) is 5.60 Å². The van der Waals surface area contributed by atoms with Crippen molar-refractivity contribution in [2.45, 2.75) is 52.6 Å². The van der Waals surface area contributed by atoms with Crippen LogP contribution in [0.3, 0.4) is 0 Å². The molecule has 0 radical (unpaired) electrons. The normalized spacial score (nSPS) is 44.2. The highest BCUT2D eigenvalue weighted by molar-refractivity contribution is 5.24. The van der Waals surface area contributed by atoms with Crippen molar-refractivity contribution in [2.75, 3.05) is 0 Å². The topological polar surface area (TPSA) is 20.2 Å². The summed E-state index contributed by atoms with van der Waals surface area (Å²) in [6, 6.07) is 0. The summed E-state index contributed by atoms with van der Waals surface area (Å²) in [7, 11) is 0. The predicted molar refractivity (Wildman–Crippen MR) is 68.1 cm³/mol. The number of hydrogen-bond acceptors (Lipinski definition) is 1. The maximum absolute atomic E-state index is 10.2. The Hall–Kier alpha value is -0.560. The Bertz CT molecular complexity index is 335. The molecule has 2 aliphatic rings. The maximum atomic E-state index is 10.2. The van der Waals surface area contributed by atoms with Gasteiger partial charge in [-0.3, -0.25) is 0 Å². The highest BCUT2D eigenvalue weighted by Crippen LogP contribution is 2.42. The van der Waals surface area contributed by atoms with E-state index < -0.39 is 5.60 Å². The van der Waals surface area contributed by atoms with Crippen LogP contribution in [0.2, 0.25) is 0 Å². The SMILES string of the molecule is CC1=CCC(C2=CC(C)C(C)(O)CC2)C1C. The molecule has 2 aliphatic carbocycles. The summed E-state index contributed by atoms with van der Waals surface area (Å²) in [6.07, 6.45) is 7.91. The summed E-state index contributed by atoms with van der Waals surface area (Å²) >= 11 is 0. The van der Waals surface area contributed by atoms with Crippen LogP contribution >= 0.6 is 0 Å². The molecular weight excluding hydrogens is 196 g/mol. The zero-order valence-corrected chi connectivity index (χ0v) is 11.0. The van der Waals surface area contributed by atoms with Crippen LogP contribution in [0.25, 0.3) is 0 Å². The first-order valence-electron chi connectivity index (χ1n) is 6.51. The summed E-state index contributed by atoms with van der Waals surface area (Å²) in [5, 5.41) is 10.2. The molecule has 0 fully saturated rings. The Morgan fingerprint density at radius 1 is 1.38 bits per heavy atom. The predicted octanol–water partition coefficient (Wildman–Crippen LogP) is 3.70. The zero-order valence-electron chi connectivity index (χ0n) is 11.0. The van der Waals surface area contributed by atoms with E-state index in [4.69, 9.17) is 0 Å². The third kappa shape index (κ3) is 1.98. The number of hydrogen-bond donors (Lipinski definition) is 1. The van der Waals surface area contributed by atoms with E-state index in [1.165, 1.54) is 12.0 Å². The Morgan fingerprint density at radius 3 is 2.56 bits per heavy atom. The van der Waals surface area contributed by atoms with Crippen LogP contribution in [0.5, 0.6) is 0 Å². The van der Waals surface area contributed by atoms with E-state index in [0.717, 1.165) is 12.8 Å². The molecule has 0 spiro atoms. The van der Waals surface area contributed by atoms with Gasteiger partial charge in [-0.2, -0.15) is 0 Å². The van der Waals surface area contributed by atoms with Crippen molar-refractivity contribution in [3.05, 3.63) is 23.3 Å². The van der Waals surface area contributed by atoms with E-state index >= 15 is 0 Å². The number of allylic oxidation sites excluding steroid dienone is 3. The van der Waals surface area contributed by atoms with Crippen LogP contribution in [0.15, 0.2) is 23.3 Å². The molecule has 0 saturated carbocycles. The average molecular weight is 220 g/mol. The van der Waals surface area contributed by atoms with Crippen LogP contribution in [-0.4, -0.2) is 10.7 Å². The molecule has 1 N–H and O–H groups in total. The fourth-order valence-corrected chi connectivity index (χ4v) is 3.01. The van der Waals surface area contributed by atoms with Crippen LogP contribution < -0.4 is 0 Å². The lowest BCUT2D eigenvalue weighted by atomic mass is 9.73. The number of aliphatic hydroxyl groups is 1. The molecule has 16 heavy (non-hydrogen) atoms. The quantitative estimate of drug-likeness (QED) is 0.668. The van der Waals surface area contributed by atoms with Crippen molar-refractivity contribution in [3.8, 4) is 0 Å². The third-order valence-electron chi connectivity index (χ3n) is 4.86. The second-order valence-electron chi connectivity index (χ2n) is 5.97. The lowest BCUT2D eigenvalue weighted by Gasteiger charge is -2.36. The Balaban J connectivity index is 2.13. The zero-order chi connectivity index (χ0) is 11.9. The second-order valence-corrected chi connectivity index (χ2v) is 5.97. The van der Waals surface area contributed by atoms with Gasteiger partial charge in [0.15, 0.2) is 0 Å². The molecule has 0 bridgehead atoms. The fourth-order valence-electron chi connectivity index (χ4n) is 3.01. The van der Waals surface area contributed by atoms with Crippen molar-refractivity contribution in [3.63, 3.8) is 0 Å². The Labute approximate surface area is 99.3 Å². The van der Waals surface area contributed by atoms with Crippen molar-refractivity contribution >= 4 is 0 Å². The molecule has 0 heterocycles. The minimum atomic E-state index is -0.492. The molecular formula is C15H24O. The Kier molecular flexibility index (Phi) is 3.00. The first kappa shape index (κ1) is 11.9. The molecule has 4 unspecified atom stereocenters. The number of rotatable bonds is 1. The van der Waals surface area contributed by atoms with Gasteiger partial charge in [-0.05, 0) is 44.9 Å². The summed E-state index contributed by atoms with van der Waals surface area (Å²) in [6.45, 7) is 8.68. The van der Waals surface area contributed by atoms with E-state index in [9.17, 15) is 5.11 Å². The van der Waals surface area contributed by atoms with Gasteiger partial charge in [-0.1, -0.05) is 37.1 Å². The van der Waals surface area contributed by atoms with Crippen LogP contribution in [0.1, 0.15) is 47.0 Å². The molecule has 0 aliphatic heterocycles. The van der Waals surface area contributed by atoms with Gasteiger partial charge in [-0.15, -0.1) is 0 Å². The van der Waals surface area contributed by atoms with Gasteiger partial charge in [0.1, 0.15) is 0 Å². The van der Waals surface area contributed by atoms with Crippen molar-refractivity contribution in [2.24, 2.45) is 17.8 Å². The summed E-state index contributed by atoms with van der Waals surface area (Å²) in [5.74, 6) is 1.70. The molecule has 0 aromatic heterocycles. The first-order chi connectivity index (χ1) is 7.42. The van der Waals surface area contributed by atoms with Crippen LogP contribution in [0.4, 0.5) is 0 Å². The fraction of sp³-hybridized carbons (Fsp3) is 0.733. The standard InChI is InChI=1S/C15H24O/c1-10-5-6-14(12(10)3)13-7-8-15(4,16)11(2)9-13/h5,9,11-12,14,16H,6-8H2,1-4H3. The molecule has 0 aromatic carbocycles. The molecule has 1 nitrogen and oxygen atoms in total. The maximum Gasteiger partial charge on any atom is 0.0682 e. The van der Waals surface area contributed by atoms with E-state index in [2.05, 4.69) is 32.9 Å². The van der Waals surface area contributed by atoms with Gasteiger partial charge < -0.3 is 5.11 Å². The smallest absolute Gasteiger partial charge is 0.0682 e. The molecule has 2 rings (SSSR count). The molecule has 0 amide bonds. The summed E-state index contributed by atoms with van der Waals surface area (Å²) in [5.41, 5.74) is 2.63. The van der Waals surface area contributed by atoms with E-state index in [0.29, 0.717) is 17.8 Å². The van der Waals surface area contributed by atoms with E-state index in [-0.39, 0.29) is 0 Å². The average Bonchev–Trinajstić information content (AvgIpc) is 2.53. The second kappa shape index (κ2) is 4.03. The lowest BCUT2D eigenvalue weighted by Crippen LogP contribution is -2.35. The summed E-state index contributed by atoms with van der Waals surface area (Å²) < 4.78 is 0. The molecule has 0 saturated heterocycles. The van der Waals surface area contributed by atoms with Gasteiger partial charge in [0.2, 0.25) is 0 Å².